The summed E-state index contributed by atoms with van der Waals surface area (Å²) in [6, 6.07) is 3.11. The third-order valence-electron chi connectivity index (χ3n) is 1.68. The molecule has 0 heterocycles. The maximum Gasteiger partial charge on any atom is 0.401 e. The number of hydrogen-bond acceptors (Lipinski definition) is 2. The van der Waals surface area contributed by atoms with Gasteiger partial charge in [-0.3, -0.25) is 0 Å². The summed E-state index contributed by atoms with van der Waals surface area (Å²) in [5.41, 5.74) is 0.0965. The number of phenolic OH excluding ortho intramolecular Hbond substituents is 1. The van der Waals surface area contributed by atoms with E-state index in [2.05, 4.69) is 5.32 Å². The number of halogens is 4. The lowest BCUT2D eigenvalue weighted by molar-refractivity contribution is -0.125. The Morgan fingerprint density at radius 2 is 1.93 bits per heavy atom. The van der Waals surface area contributed by atoms with Gasteiger partial charge in [0.15, 0.2) is 0 Å². The van der Waals surface area contributed by atoms with E-state index in [1.165, 1.54) is 0 Å². The van der Waals surface area contributed by atoms with Crippen molar-refractivity contribution in [3.05, 3.63) is 29.6 Å². The molecule has 0 aliphatic carbocycles. The van der Waals surface area contributed by atoms with Crippen LogP contribution in [0, 0.1) is 5.82 Å². The van der Waals surface area contributed by atoms with E-state index in [1.54, 1.807) is 0 Å². The smallest absolute Gasteiger partial charge is 0.401 e. The molecule has 1 aromatic carbocycles. The first-order valence-electron chi connectivity index (χ1n) is 4.13. The topological polar surface area (TPSA) is 32.3 Å². The zero-order chi connectivity index (χ0) is 11.5. The molecule has 0 saturated carbocycles. The molecule has 0 aliphatic heterocycles. The largest absolute Gasteiger partial charge is 0.508 e. The average molecular weight is 223 g/mol. The lowest BCUT2D eigenvalue weighted by Crippen LogP contribution is -2.28. The minimum Gasteiger partial charge on any atom is -0.508 e. The Morgan fingerprint density at radius 1 is 1.27 bits per heavy atom. The normalized spacial score (nSPS) is 11.7. The molecule has 0 atom stereocenters. The Hall–Kier alpha value is -1.30. The lowest BCUT2D eigenvalue weighted by atomic mass is 10.2. The van der Waals surface area contributed by atoms with Crippen LogP contribution in [0.2, 0.25) is 0 Å². The van der Waals surface area contributed by atoms with Gasteiger partial charge in [0.25, 0.3) is 0 Å². The van der Waals surface area contributed by atoms with E-state index in [9.17, 15) is 22.7 Å². The third kappa shape index (κ3) is 4.16. The summed E-state index contributed by atoms with van der Waals surface area (Å²) < 4.78 is 47.9. The maximum atomic E-state index is 12.6. The Bertz CT molecular complexity index is 337. The summed E-state index contributed by atoms with van der Waals surface area (Å²) in [6.07, 6.45) is -4.32. The van der Waals surface area contributed by atoms with Crippen LogP contribution in [-0.2, 0) is 6.54 Å². The Morgan fingerprint density at radius 3 is 2.53 bits per heavy atom. The van der Waals surface area contributed by atoms with E-state index >= 15 is 0 Å². The molecule has 15 heavy (non-hydrogen) atoms. The van der Waals surface area contributed by atoms with Crippen LogP contribution in [0.1, 0.15) is 5.56 Å². The van der Waals surface area contributed by atoms with Crippen molar-refractivity contribution in [2.45, 2.75) is 12.7 Å². The number of rotatable bonds is 3. The molecule has 0 saturated heterocycles. The first-order chi connectivity index (χ1) is 6.88. The van der Waals surface area contributed by atoms with Crippen molar-refractivity contribution in [1.29, 1.82) is 0 Å². The monoisotopic (exact) mass is 223 g/mol. The van der Waals surface area contributed by atoms with Gasteiger partial charge >= 0.3 is 6.18 Å². The number of nitrogens with one attached hydrogen (secondary N) is 1. The van der Waals surface area contributed by atoms with Gasteiger partial charge in [0.2, 0.25) is 0 Å². The van der Waals surface area contributed by atoms with E-state index in [1.807, 2.05) is 0 Å². The molecule has 0 fully saturated rings. The van der Waals surface area contributed by atoms with Crippen molar-refractivity contribution in [3.8, 4) is 5.75 Å². The van der Waals surface area contributed by atoms with Crippen LogP contribution >= 0.6 is 0 Å². The van der Waals surface area contributed by atoms with Crippen LogP contribution < -0.4 is 5.32 Å². The van der Waals surface area contributed by atoms with Crippen molar-refractivity contribution in [2.24, 2.45) is 0 Å². The van der Waals surface area contributed by atoms with Gasteiger partial charge < -0.3 is 10.4 Å². The second-order valence-corrected chi connectivity index (χ2v) is 2.99. The van der Waals surface area contributed by atoms with Gasteiger partial charge in [0.1, 0.15) is 11.6 Å². The summed E-state index contributed by atoms with van der Waals surface area (Å²) in [7, 11) is 0. The van der Waals surface area contributed by atoms with E-state index in [0.29, 0.717) is 0 Å². The number of benzene rings is 1. The standard InChI is InChI=1S/C9H9F4NO/c10-7-1-2-8(15)6(3-7)4-14-5-9(11,12)13/h1-3,14-15H,4-5H2. The van der Waals surface area contributed by atoms with Gasteiger partial charge in [-0.15, -0.1) is 0 Å². The van der Waals surface area contributed by atoms with Crippen LogP contribution in [0.4, 0.5) is 17.6 Å². The minimum atomic E-state index is -4.32. The van der Waals surface area contributed by atoms with Gasteiger partial charge in [-0.25, -0.2) is 4.39 Å². The third-order valence-corrected chi connectivity index (χ3v) is 1.68. The highest BCUT2D eigenvalue weighted by Gasteiger charge is 2.26. The molecule has 0 unspecified atom stereocenters. The zero-order valence-corrected chi connectivity index (χ0v) is 7.61. The molecule has 0 spiro atoms. The molecule has 1 rings (SSSR count). The van der Waals surface area contributed by atoms with Crippen molar-refractivity contribution < 1.29 is 22.7 Å². The van der Waals surface area contributed by atoms with E-state index in [-0.39, 0.29) is 17.9 Å². The predicted octanol–water partition coefficient (Wildman–Crippen LogP) is 2.18. The number of aromatic hydroxyl groups is 1. The highest BCUT2D eigenvalue weighted by atomic mass is 19.4. The minimum absolute atomic E-state index is 0.0965. The molecule has 6 heteroatoms. The van der Waals surface area contributed by atoms with Gasteiger partial charge in [-0.2, -0.15) is 13.2 Å². The second-order valence-electron chi connectivity index (χ2n) is 2.99. The fraction of sp³-hybridized carbons (Fsp3) is 0.333. The van der Waals surface area contributed by atoms with Crippen LogP contribution in [0.15, 0.2) is 18.2 Å². The molecule has 0 radical (unpaired) electrons. The van der Waals surface area contributed by atoms with E-state index in [4.69, 9.17) is 0 Å². The van der Waals surface area contributed by atoms with Crippen LogP contribution in [0.3, 0.4) is 0 Å². The number of alkyl halides is 3. The maximum absolute atomic E-state index is 12.6. The van der Waals surface area contributed by atoms with Crippen molar-refractivity contribution >= 4 is 0 Å². The van der Waals surface area contributed by atoms with Crippen LogP contribution in [0.25, 0.3) is 0 Å². The summed E-state index contributed by atoms with van der Waals surface area (Å²) in [4.78, 5) is 0. The van der Waals surface area contributed by atoms with E-state index in [0.717, 1.165) is 18.2 Å². The van der Waals surface area contributed by atoms with Crippen molar-refractivity contribution in [1.82, 2.24) is 5.32 Å². The molecule has 2 nitrogen and oxygen atoms in total. The van der Waals surface area contributed by atoms with Gasteiger partial charge in [-0.1, -0.05) is 0 Å². The predicted molar refractivity (Wildman–Crippen MR) is 45.8 cm³/mol. The first kappa shape index (κ1) is 11.8. The highest BCUT2D eigenvalue weighted by molar-refractivity contribution is 5.32. The Kier molecular flexibility index (Phi) is 3.52. The molecule has 2 N–H and O–H groups in total. The molecule has 84 valence electrons. The van der Waals surface area contributed by atoms with Gasteiger partial charge in [0, 0.05) is 12.1 Å². The summed E-state index contributed by atoms with van der Waals surface area (Å²) in [6.45, 7) is -1.41. The quantitative estimate of drug-likeness (QED) is 0.770. The van der Waals surface area contributed by atoms with Gasteiger partial charge in [0.05, 0.1) is 6.54 Å². The summed E-state index contributed by atoms with van der Waals surface area (Å²) in [5, 5.41) is 11.2. The average Bonchev–Trinajstić information content (AvgIpc) is 2.09. The van der Waals surface area contributed by atoms with E-state index < -0.39 is 18.5 Å². The molecule has 0 aliphatic rings. The fourth-order valence-electron chi connectivity index (χ4n) is 1.03. The van der Waals surface area contributed by atoms with Crippen LogP contribution in [0.5, 0.6) is 5.75 Å². The number of phenols is 1. The molecule has 0 aromatic heterocycles. The fourth-order valence-corrected chi connectivity index (χ4v) is 1.03. The molecule has 0 amide bonds. The molecule has 0 bridgehead atoms. The lowest BCUT2D eigenvalue weighted by Gasteiger charge is -2.09. The summed E-state index contributed by atoms with van der Waals surface area (Å²) >= 11 is 0. The summed E-state index contributed by atoms with van der Waals surface area (Å²) in [5.74, 6) is -0.831. The molecular formula is C9H9F4NO. The molecular weight excluding hydrogens is 214 g/mol. The Labute approximate surface area is 83.5 Å². The van der Waals surface area contributed by atoms with Crippen molar-refractivity contribution in [2.75, 3.05) is 6.54 Å². The van der Waals surface area contributed by atoms with Gasteiger partial charge in [-0.05, 0) is 18.2 Å². The van der Waals surface area contributed by atoms with Crippen LogP contribution in [-0.4, -0.2) is 17.8 Å². The zero-order valence-electron chi connectivity index (χ0n) is 7.61. The first-order valence-corrected chi connectivity index (χ1v) is 4.13. The number of hydrogen-bond donors (Lipinski definition) is 2. The highest BCUT2D eigenvalue weighted by Crippen LogP contribution is 2.18. The van der Waals surface area contributed by atoms with Crippen molar-refractivity contribution in [3.63, 3.8) is 0 Å². The second kappa shape index (κ2) is 4.48. The SMILES string of the molecule is Oc1ccc(F)cc1CNCC(F)(F)F. The Balaban J connectivity index is 2.54. The molecule has 1 aromatic rings.